The van der Waals surface area contributed by atoms with Gasteiger partial charge in [-0.1, -0.05) is 53.0 Å². The van der Waals surface area contributed by atoms with Crippen LogP contribution in [-0.4, -0.2) is 11.8 Å². The Hall–Kier alpha value is -2.47. The van der Waals surface area contributed by atoms with E-state index in [0.717, 1.165) is 21.6 Å². The average Bonchev–Trinajstić information content (AvgIpc) is 3.30. The molecule has 4 nitrogen and oxygen atoms in total. The van der Waals surface area contributed by atoms with Gasteiger partial charge in [0, 0.05) is 0 Å². The lowest BCUT2D eigenvalue weighted by Gasteiger charge is -2.17. The molecule has 1 aliphatic rings. The lowest BCUT2D eigenvalue weighted by molar-refractivity contribution is -0.119. The summed E-state index contributed by atoms with van der Waals surface area (Å²) in [6.07, 6.45) is 1.58. The number of thioether (sulfide) groups is 1. The third-order valence-electron chi connectivity index (χ3n) is 4.80. The lowest BCUT2D eigenvalue weighted by atomic mass is 9.99. The fourth-order valence-corrected chi connectivity index (χ4v) is 4.78. The Bertz CT molecular complexity index is 1190. The Labute approximate surface area is 188 Å². The molecule has 152 valence electrons. The predicted molar refractivity (Wildman–Crippen MR) is 122 cm³/mol. The molecule has 30 heavy (non-hydrogen) atoms. The van der Waals surface area contributed by atoms with Gasteiger partial charge in [-0.3, -0.25) is 9.59 Å². The number of imide groups is 1. The van der Waals surface area contributed by atoms with Crippen LogP contribution in [0.5, 0.6) is 0 Å². The van der Waals surface area contributed by atoms with Gasteiger partial charge in [-0.05, 0) is 49.2 Å². The van der Waals surface area contributed by atoms with Crippen LogP contribution < -0.4 is 4.90 Å². The summed E-state index contributed by atoms with van der Waals surface area (Å²) < 4.78 is 5.39. The maximum Gasteiger partial charge on any atom is 0.272 e. The summed E-state index contributed by atoms with van der Waals surface area (Å²) in [4.78, 5) is 28.4. The molecule has 1 aliphatic heterocycles. The van der Waals surface area contributed by atoms with Crippen molar-refractivity contribution >= 4 is 58.0 Å². The molecule has 0 aliphatic carbocycles. The third-order valence-corrected chi connectivity index (χ3v) is 6.71. The van der Waals surface area contributed by atoms with Crippen molar-refractivity contribution in [2.75, 3.05) is 4.90 Å². The molecule has 4 rings (SSSR count). The van der Waals surface area contributed by atoms with Crippen LogP contribution in [0, 0.1) is 13.8 Å². The zero-order chi connectivity index (χ0) is 21.4. The van der Waals surface area contributed by atoms with E-state index in [0.29, 0.717) is 22.0 Å². The first-order valence-electron chi connectivity index (χ1n) is 9.18. The monoisotopic (exact) mass is 457 g/mol. The molecule has 0 saturated heterocycles. The number of anilines is 1. The fraction of sp³-hybridized carbons (Fsp3) is 0.130. The first-order chi connectivity index (χ1) is 14.4. The molecular weight excluding hydrogens is 441 g/mol. The number of benzene rings is 2. The first kappa shape index (κ1) is 20.8. The van der Waals surface area contributed by atoms with E-state index < -0.39 is 11.8 Å². The molecule has 0 fully saturated rings. The SMILES string of the molecule is Cc1ccc(C2=C(SCc3ccco3)C(=O)N(c3cccc(Cl)c3Cl)C2=O)c(C)c1. The summed E-state index contributed by atoms with van der Waals surface area (Å²) in [5.41, 5.74) is 3.36. The normalized spacial score (nSPS) is 14.2. The molecule has 7 heteroatoms. The molecular formula is C23H17Cl2NO3S. The maximum absolute atomic E-state index is 13.5. The Morgan fingerprint density at radius 3 is 2.50 bits per heavy atom. The Morgan fingerprint density at radius 2 is 1.80 bits per heavy atom. The summed E-state index contributed by atoms with van der Waals surface area (Å²) in [6.45, 7) is 3.91. The van der Waals surface area contributed by atoms with Crippen LogP contribution >= 0.6 is 35.0 Å². The second-order valence-electron chi connectivity index (χ2n) is 6.91. The number of halogens is 2. The summed E-state index contributed by atoms with van der Waals surface area (Å²) in [5, 5.41) is 0.442. The molecule has 3 aromatic rings. The molecule has 0 unspecified atom stereocenters. The number of hydrogen-bond donors (Lipinski definition) is 0. The molecule has 2 aromatic carbocycles. The predicted octanol–water partition coefficient (Wildman–Crippen LogP) is 6.42. The van der Waals surface area contributed by atoms with Crippen LogP contribution in [-0.2, 0) is 15.3 Å². The van der Waals surface area contributed by atoms with Crippen molar-refractivity contribution in [1.29, 1.82) is 0 Å². The van der Waals surface area contributed by atoms with Crippen molar-refractivity contribution in [2.45, 2.75) is 19.6 Å². The highest BCUT2D eigenvalue weighted by atomic mass is 35.5. The number of carbonyl (C=O) groups excluding carboxylic acids is 2. The first-order valence-corrected chi connectivity index (χ1v) is 10.9. The van der Waals surface area contributed by atoms with Crippen LogP contribution in [0.3, 0.4) is 0 Å². The molecule has 2 heterocycles. The highest BCUT2D eigenvalue weighted by Gasteiger charge is 2.41. The fourth-order valence-electron chi connectivity index (χ4n) is 3.40. The van der Waals surface area contributed by atoms with E-state index in [1.54, 1.807) is 30.5 Å². The quantitative estimate of drug-likeness (QED) is 0.414. The van der Waals surface area contributed by atoms with Gasteiger partial charge in [-0.25, -0.2) is 4.90 Å². The van der Waals surface area contributed by atoms with Crippen molar-refractivity contribution in [1.82, 2.24) is 0 Å². The Morgan fingerprint density at radius 1 is 1.00 bits per heavy atom. The van der Waals surface area contributed by atoms with Crippen molar-refractivity contribution in [3.8, 4) is 0 Å². The second kappa shape index (κ2) is 8.34. The van der Waals surface area contributed by atoms with Gasteiger partial charge >= 0.3 is 0 Å². The molecule has 0 N–H and O–H groups in total. The van der Waals surface area contributed by atoms with Crippen LogP contribution in [0.2, 0.25) is 10.0 Å². The molecule has 0 radical (unpaired) electrons. The van der Waals surface area contributed by atoms with Gasteiger partial charge in [0.05, 0.1) is 38.2 Å². The largest absolute Gasteiger partial charge is 0.468 e. The van der Waals surface area contributed by atoms with Crippen LogP contribution in [0.1, 0.15) is 22.5 Å². The van der Waals surface area contributed by atoms with Crippen molar-refractivity contribution in [3.63, 3.8) is 0 Å². The topological polar surface area (TPSA) is 50.5 Å². The van der Waals surface area contributed by atoms with E-state index in [2.05, 4.69) is 0 Å². The number of furan rings is 1. The summed E-state index contributed by atoms with van der Waals surface area (Å²) >= 11 is 13.7. The lowest BCUT2D eigenvalue weighted by Crippen LogP contribution is -2.31. The third kappa shape index (κ3) is 3.69. The van der Waals surface area contributed by atoms with Crippen LogP contribution in [0.4, 0.5) is 5.69 Å². The van der Waals surface area contributed by atoms with E-state index in [1.165, 1.54) is 11.8 Å². The summed E-state index contributed by atoms with van der Waals surface area (Å²) in [5.74, 6) is 0.299. The smallest absolute Gasteiger partial charge is 0.272 e. The Kier molecular flexibility index (Phi) is 5.78. The minimum absolute atomic E-state index is 0.165. The van der Waals surface area contributed by atoms with Gasteiger partial charge in [0.1, 0.15) is 5.76 Å². The number of aryl methyl sites for hydroxylation is 2. The number of nitrogens with zero attached hydrogens (tertiary/aromatic N) is 1. The molecule has 0 atom stereocenters. The zero-order valence-electron chi connectivity index (χ0n) is 16.2. The molecule has 0 spiro atoms. The van der Waals surface area contributed by atoms with E-state index in [1.807, 2.05) is 38.1 Å². The maximum atomic E-state index is 13.5. The van der Waals surface area contributed by atoms with Crippen molar-refractivity contribution in [3.05, 3.63) is 92.2 Å². The average molecular weight is 458 g/mol. The van der Waals surface area contributed by atoms with Gasteiger partial charge in [0.15, 0.2) is 0 Å². The van der Waals surface area contributed by atoms with Gasteiger partial charge < -0.3 is 4.42 Å². The van der Waals surface area contributed by atoms with Gasteiger partial charge in [-0.15, -0.1) is 11.8 Å². The number of rotatable bonds is 5. The van der Waals surface area contributed by atoms with E-state index in [4.69, 9.17) is 27.6 Å². The summed E-state index contributed by atoms with van der Waals surface area (Å²) in [7, 11) is 0. The molecule has 1 aromatic heterocycles. The van der Waals surface area contributed by atoms with Crippen LogP contribution in [0.25, 0.3) is 5.57 Å². The van der Waals surface area contributed by atoms with Crippen molar-refractivity contribution < 1.29 is 14.0 Å². The van der Waals surface area contributed by atoms with E-state index in [9.17, 15) is 9.59 Å². The van der Waals surface area contributed by atoms with Gasteiger partial charge in [0.2, 0.25) is 0 Å². The number of amides is 2. The highest BCUT2D eigenvalue weighted by Crippen LogP contribution is 2.43. The zero-order valence-corrected chi connectivity index (χ0v) is 18.6. The highest BCUT2D eigenvalue weighted by molar-refractivity contribution is 8.03. The molecule has 0 bridgehead atoms. The minimum Gasteiger partial charge on any atom is -0.468 e. The summed E-state index contributed by atoms with van der Waals surface area (Å²) in [6, 6.07) is 14.3. The molecule has 2 amide bonds. The standard InChI is InChI=1S/C23H17Cl2NO3S/c1-13-8-9-16(14(2)11-13)19-21(30-12-15-5-4-10-29-15)23(28)26(22(19)27)18-7-3-6-17(24)20(18)25/h3-11H,12H2,1-2H3. The molecule has 0 saturated carbocycles. The van der Waals surface area contributed by atoms with E-state index >= 15 is 0 Å². The van der Waals surface area contributed by atoms with E-state index in [-0.39, 0.29) is 15.7 Å². The van der Waals surface area contributed by atoms with Crippen molar-refractivity contribution in [2.24, 2.45) is 0 Å². The second-order valence-corrected chi connectivity index (χ2v) is 8.68. The number of hydrogen-bond acceptors (Lipinski definition) is 4. The minimum atomic E-state index is -0.421. The van der Waals surface area contributed by atoms with Crippen LogP contribution in [0.15, 0.2) is 64.1 Å². The van der Waals surface area contributed by atoms with Gasteiger partial charge in [-0.2, -0.15) is 0 Å². The van der Waals surface area contributed by atoms with Gasteiger partial charge in [0.25, 0.3) is 11.8 Å². The Balaban J connectivity index is 1.82. The number of carbonyl (C=O) groups is 2.